The predicted octanol–water partition coefficient (Wildman–Crippen LogP) is 2.92. The van der Waals surface area contributed by atoms with Crippen molar-refractivity contribution in [2.75, 3.05) is 25.4 Å². The molecule has 3 rings (SSSR count). The van der Waals surface area contributed by atoms with Gasteiger partial charge in [-0.05, 0) is 38.2 Å². The van der Waals surface area contributed by atoms with Gasteiger partial charge in [0.25, 0.3) is 0 Å². The van der Waals surface area contributed by atoms with Gasteiger partial charge in [0.1, 0.15) is 0 Å². The Hall–Kier alpha value is -0.870. The highest BCUT2D eigenvalue weighted by Gasteiger charge is 2.39. The average Bonchev–Trinajstić information content (AvgIpc) is 3.42. The van der Waals surface area contributed by atoms with Gasteiger partial charge in [-0.2, -0.15) is 0 Å². The first kappa shape index (κ1) is 23.4. The average molecular weight is 520 g/mol. The molecule has 0 spiro atoms. The van der Waals surface area contributed by atoms with Gasteiger partial charge >= 0.3 is 0 Å². The maximum Gasteiger partial charge on any atom is 0.214 e. The Morgan fingerprint density at radius 1 is 1.14 bits per heavy atom. The molecule has 158 valence electrons. The highest BCUT2D eigenvalue weighted by molar-refractivity contribution is 14.0. The molecule has 2 fully saturated rings. The van der Waals surface area contributed by atoms with Crippen molar-refractivity contribution in [3.8, 4) is 0 Å². The van der Waals surface area contributed by atoms with E-state index in [-0.39, 0.29) is 35.8 Å². The number of aliphatic imine (C=N–C) groups is 1. The van der Waals surface area contributed by atoms with Crippen LogP contribution in [-0.4, -0.2) is 56.2 Å². The first-order chi connectivity index (χ1) is 13.0. The van der Waals surface area contributed by atoms with Crippen LogP contribution in [0.3, 0.4) is 0 Å². The van der Waals surface area contributed by atoms with E-state index in [0.29, 0.717) is 31.5 Å². The third-order valence-electron chi connectivity index (χ3n) is 5.31. The summed E-state index contributed by atoms with van der Waals surface area (Å²) in [4.78, 5) is 4.59. The Morgan fingerprint density at radius 2 is 1.82 bits per heavy atom. The second-order valence-corrected chi connectivity index (χ2v) is 9.55. The maximum absolute atomic E-state index is 12.2. The lowest BCUT2D eigenvalue weighted by Gasteiger charge is -2.32. The largest absolute Gasteiger partial charge is 0.354 e. The standard InChI is InChI=1S/C20H32N4O2S.HI/c1-3-14-27(25,26)24-12-10-17(11-13-24)22-20(21-4-2)23-19-15-18(19)16-8-6-5-7-9-16;/h5-9,17-19H,3-4,10-15H2,1-2H3,(H2,21,22,23);1H. The molecule has 1 heterocycles. The molecular weight excluding hydrogens is 487 g/mol. The fourth-order valence-electron chi connectivity index (χ4n) is 3.75. The second kappa shape index (κ2) is 10.8. The number of sulfonamides is 1. The maximum atomic E-state index is 12.2. The summed E-state index contributed by atoms with van der Waals surface area (Å²) >= 11 is 0. The smallest absolute Gasteiger partial charge is 0.214 e. The number of guanidine groups is 1. The Morgan fingerprint density at radius 3 is 2.43 bits per heavy atom. The predicted molar refractivity (Wildman–Crippen MR) is 126 cm³/mol. The van der Waals surface area contributed by atoms with Crippen LogP contribution < -0.4 is 10.6 Å². The third kappa shape index (κ3) is 6.32. The molecule has 1 saturated heterocycles. The van der Waals surface area contributed by atoms with Crippen LogP contribution in [0.4, 0.5) is 0 Å². The van der Waals surface area contributed by atoms with Crippen molar-refractivity contribution in [2.24, 2.45) is 4.99 Å². The molecule has 2 unspecified atom stereocenters. The van der Waals surface area contributed by atoms with Gasteiger partial charge in [-0.1, -0.05) is 37.3 Å². The molecule has 2 aliphatic rings. The minimum absolute atomic E-state index is 0. The summed E-state index contributed by atoms with van der Waals surface area (Å²) in [5, 5.41) is 7.08. The van der Waals surface area contributed by atoms with E-state index in [4.69, 9.17) is 0 Å². The molecule has 8 heteroatoms. The van der Waals surface area contributed by atoms with Crippen LogP contribution >= 0.6 is 24.0 Å². The number of piperidine rings is 1. The first-order valence-corrected chi connectivity index (χ1v) is 11.7. The van der Waals surface area contributed by atoms with Crippen LogP contribution in [0.2, 0.25) is 0 Å². The van der Waals surface area contributed by atoms with Crippen molar-refractivity contribution in [1.82, 2.24) is 14.9 Å². The van der Waals surface area contributed by atoms with Crippen molar-refractivity contribution in [3.05, 3.63) is 35.9 Å². The summed E-state index contributed by atoms with van der Waals surface area (Å²) in [5.74, 6) is 1.66. The molecule has 1 saturated carbocycles. The summed E-state index contributed by atoms with van der Waals surface area (Å²) in [6.07, 6.45) is 3.43. The summed E-state index contributed by atoms with van der Waals surface area (Å²) < 4.78 is 26.1. The minimum Gasteiger partial charge on any atom is -0.354 e. The number of halogens is 1. The van der Waals surface area contributed by atoms with E-state index in [1.807, 2.05) is 19.9 Å². The van der Waals surface area contributed by atoms with Crippen molar-refractivity contribution in [2.45, 2.75) is 57.5 Å². The normalized spacial score (nSPS) is 23.7. The third-order valence-corrected chi connectivity index (χ3v) is 7.38. The summed E-state index contributed by atoms with van der Waals surface area (Å²) in [5.41, 5.74) is 1.38. The lowest BCUT2D eigenvalue weighted by molar-refractivity contribution is 0.306. The van der Waals surface area contributed by atoms with Crippen LogP contribution in [0.15, 0.2) is 35.3 Å². The SMILES string of the molecule is CCCS(=O)(=O)N1CCC(NC(=NCC)NC2CC2c2ccccc2)CC1.I. The summed E-state index contributed by atoms with van der Waals surface area (Å²) in [7, 11) is -3.08. The monoisotopic (exact) mass is 520 g/mol. The van der Waals surface area contributed by atoms with Gasteiger partial charge in [-0.25, -0.2) is 12.7 Å². The first-order valence-electron chi connectivity index (χ1n) is 10.1. The fourth-order valence-corrected chi connectivity index (χ4v) is 5.29. The number of benzene rings is 1. The van der Waals surface area contributed by atoms with Crippen molar-refractivity contribution in [1.29, 1.82) is 0 Å². The van der Waals surface area contributed by atoms with E-state index in [1.165, 1.54) is 5.56 Å². The van der Waals surface area contributed by atoms with E-state index in [1.54, 1.807) is 4.31 Å². The number of rotatable bonds is 7. The van der Waals surface area contributed by atoms with E-state index in [0.717, 1.165) is 31.8 Å². The van der Waals surface area contributed by atoms with Crippen LogP contribution in [0.25, 0.3) is 0 Å². The molecule has 0 aromatic heterocycles. The number of hydrogen-bond donors (Lipinski definition) is 2. The van der Waals surface area contributed by atoms with Gasteiger partial charge in [0.2, 0.25) is 10.0 Å². The quantitative estimate of drug-likeness (QED) is 0.330. The molecule has 1 aliphatic carbocycles. The Balaban J connectivity index is 0.00000280. The van der Waals surface area contributed by atoms with E-state index in [2.05, 4.69) is 39.9 Å². The topological polar surface area (TPSA) is 73.8 Å². The second-order valence-electron chi connectivity index (χ2n) is 7.46. The molecule has 2 atom stereocenters. The van der Waals surface area contributed by atoms with E-state index < -0.39 is 10.0 Å². The zero-order valence-corrected chi connectivity index (χ0v) is 19.9. The van der Waals surface area contributed by atoms with E-state index in [9.17, 15) is 8.42 Å². The van der Waals surface area contributed by atoms with Gasteiger partial charge in [-0.15, -0.1) is 24.0 Å². The number of nitrogens with zero attached hydrogens (tertiary/aromatic N) is 2. The molecule has 1 aliphatic heterocycles. The fraction of sp³-hybridized carbons (Fsp3) is 0.650. The highest BCUT2D eigenvalue weighted by atomic mass is 127. The lowest BCUT2D eigenvalue weighted by Crippen LogP contribution is -2.50. The molecule has 6 nitrogen and oxygen atoms in total. The van der Waals surface area contributed by atoms with Gasteiger partial charge in [-0.3, -0.25) is 4.99 Å². The lowest BCUT2D eigenvalue weighted by atomic mass is 10.1. The Labute approximate surface area is 186 Å². The summed E-state index contributed by atoms with van der Waals surface area (Å²) in [6.45, 7) is 5.85. The van der Waals surface area contributed by atoms with Crippen molar-refractivity contribution < 1.29 is 8.42 Å². The number of hydrogen-bond acceptors (Lipinski definition) is 3. The van der Waals surface area contributed by atoms with Gasteiger partial charge in [0.15, 0.2) is 5.96 Å². The zero-order chi connectivity index (χ0) is 19.3. The number of nitrogens with one attached hydrogen (secondary N) is 2. The van der Waals surface area contributed by atoms with Gasteiger partial charge < -0.3 is 10.6 Å². The molecule has 0 bridgehead atoms. The highest BCUT2D eigenvalue weighted by Crippen LogP contribution is 2.40. The molecular formula is C20H33IN4O2S. The molecule has 2 N–H and O–H groups in total. The summed E-state index contributed by atoms with van der Waals surface area (Å²) in [6, 6.07) is 11.3. The van der Waals surface area contributed by atoms with Crippen LogP contribution in [0, 0.1) is 0 Å². The molecule has 1 aromatic rings. The van der Waals surface area contributed by atoms with Crippen LogP contribution in [0.1, 0.15) is 51.0 Å². The Bertz CT molecular complexity index is 734. The minimum atomic E-state index is -3.08. The molecule has 1 aromatic carbocycles. The Kier molecular flexibility index (Phi) is 9.01. The van der Waals surface area contributed by atoms with Crippen LogP contribution in [0.5, 0.6) is 0 Å². The molecule has 0 amide bonds. The van der Waals surface area contributed by atoms with Crippen molar-refractivity contribution >= 4 is 40.0 Å². The van der Waals surface area contributed by atoms with Crippen molar-refractivity contribution in [3.63, 3.8) is 0 Å². The van der Waals surface area contributed by atoms with Gasteiger partial charge in [0.05, 0.1) is 5.75 Å². The van der Waals surface area contributed by atoms with Crippen LogP contribution in [-0.2, 0) is 10.0 Å². The van der Waals surface area contributed by atoms with Gasteiger partial charge in [0, 0.05) is 37.6 Å². The zero-order valence-electron chi connectivity index (χ0n) is 16.8. The van der Waals surface area contributed by atoms with E-state index >= 15 is 0 Å². The molecule has 28 heavy (non-hydrogen) atoms. The molecule has 0 radical (unpaired) electrons.